The molecule has 0 saturated carbocycles. The minimum atomic E-state index is -0.271. The molecule has 1 aromatic rings. The summed E-state index contributed by atoms with van der Waals surface area (Å²) in [6, 6.07) is 2.97. The van der Waals surface area contributed by atoms with Gasteiger partial charge in [-0.15, -0.1) is 0 Å². The molecule has 0 bridgehead atoms. The predicted octanol–water partition coefficient (Wildman–Crippen LogP) is 1.60. The van der Waals surface area contributed by atoms with Gasteiger partial charge in [-0.3, -0.25) is 4.99 Å². The van der Waals surface area contributed by atoms with Crippen molar-refractivity contribution in [2.75, 3.05) is 37.9 Å². The number of guanidine groups is 1. The third kappa shape index (κ3) is 3.64. The molecule has 1 aromatic carbocycles. The molecular weight excluding hydrogens is 305 g/mol. The van der Waals surface area contributed by atoms with Crippen molar-refractivity contribution in [3.8, 4) is 5.75 Å². The summed E-state index contributed by atoms with van der Waals surface area (Å²) in [5, 5.41) is 0. The van der Waals surface area contributed by atoms with Gasteiger partial charge in [0.1, 0.15) is 11.6 Å². The predicted molar refractivity (Wildman–Crippen MR) is 85.8 cm³/mol. The third-order valence-electron chi connectivity index (χ3n) is 3.74. The van der Waals surface area contributed by atoms with Crippen molar-refractivity contribution in [1.29, 1.82) is 0 Å². The average Bonchev–Trinajstić information content (AvgIpc) is 2.55. The number of nitrogens with zero attached hydrogens (tertiary/aromatic N) is 2. The maximum absolute atomic E-state index is 13.6. The van der Waals surface area contributed by atoms with Crippen LogP contribution in [-0.4, -0.2) is 48.8 Å². The number of nitrogens with two attached hydrogens (primary N) is 1. The maximum atomic E-state index is 13.6. The largest absolute Gasteiger partial charge is 0.467 e. The number of hydrogen-bond acceptors (Lipinski definition) is 4. The van der Waals surface area contributed by atoms with Gasteiger partial charge in [0.05, 0.1) is 6.61 Å². The molecule has 2 aliphatic rings. The van der Waals surface area contributed by atoms with Gasteiger partial charge >= 0.3 is 0 Å². The number of thioether (sulfide) groups is 1. The monoisotopic (exact) mass is 325 g/mol. The van der Waals surface area contributed by atoms with Crippen LogP contribution in [0.25, 0.3) is 0 Å². The number of halogens is 1. The highest BCUT2D eigenvalue weighted by Crippen LogP contribution is 2.29. The van der Waals surface area contributed by atoms with E-state index in [1.807, 2.05) is 11.8 Å². The summed E-state index contributed by atoms with van der Waals surface area (Å²) in [4.78, 5) is 6.52. The molecule has 22 heavy (non-hydrogen) atoms. The second-order valence-electron chi connectivity index (χ2n) is 5.25. The van der Waals surface area contributed by atoms with Crippen LogP contribution in [0.3, 0.4) is 0 Å². The van der Waals surface area contributed by atoms with E-state index in [0.29, 0.717) is 25.5 Å². The molecule has 5 nitrogen and oxygen atoms in total. The lowest BCUT2D eigenvalue weighted by atomic mass is 10.1. The Morgan fingerprint density at radius 3 is 3.00 bits per heavy atom. The fourth-order valence-corrected chi connectivity index (χ4v) is 3.53. The van der Waals surface area contributed by atoms with Crippen LogP contribution >= 0.6 is 11.8 Å². The first-order chi connectivity index (χ1) is 10.7. The summed E-state index contributed by atoms with van der Waals surface area (Å²) in [5.74, 6) is 3.21. The van der Waals surface area contributed by atoms with E-state index in [2.05, 4.69) is 9.89 Å². The number of hydrogen-bond donors (Lipinski definition) is 1. The van der Waals surface area contributed by atoms with Crippen molar-refractivity contribution in [3.63, 3.8) is 0 Å². The lowest BCUT2D eigenvalue weighted by Gasteiger charge is -2.27. The Morgan fingerprint density at radius 1 is 1.36 bits per heavy atom. The summed E-state index contributed by atoms with van der Waals surface area (Å²) in [6.45, 7) is 3.00. The van der Waals surface area contributed by atoms with Gasteiger partial charge in [-0.2, -0.15) is 11.8 Å². The van der Waals surface area contributed by atoms with E-state index in [1.54, 1.807) is 0 Å². The third-order valence-corrected chi connectivity index (χ3v) is 4.68. The van der Waals surface area contributed by atoms with Crippen LogP contribution in [0.5, 0.6) is 5.75 Å². The molecule has 1 saturated heterocycles. The van der Waals surface area contributed by atoms with Gasteiger partial charge in [0, 0.05) is 36.7 Å². The molecule has 0 spiro atoms. The number of rotatable bonds is 3. The fourth-order valence-electron chi connectivity index (χ4n) is 2.63. The van der Waals surface area contributed by atoms with Crippen LogP contribution < -0.4 is 10.5 Å². The van der Waals surface area contributed by atoms with E-state index in [4.69, 9.17) is 15.2 Å². The van der Waals surface area contributed by atoms with Gasteiger partial charge < -0.3 is 20.1 Å². The van der Waals surface area contributed by atoms with Crippen LogP contribution in [0.15, 0.2) is 17.1 Å². The Bertz CT molecular complexity index is 562. The van der Waals surface area contributed by atoms with Crippen molar-refractivity contribution in [2.45, 2.75) is 13.0 Å². The molecule has 0 radical (unpaired) electrons. The second kappa shape index (κ2) is 7.19. The Hall–Kier alpha value is -1.47. The summed E-state index contributed by atoms with van der Waals surface area (Å²) in [7, 11) is 0. The van der Waals surface area contributed by atoms with Gasteiger partial charge in [0.25, 0.3) is 0 Å². The quantitative estimate of drug-likeness (QED) is 0.676. The van der Waals surface area contributed by atoms with Gasteiger partial charge in [-0.05, 0) is 24.1 Å². The molecule has 2 N–H and O–H groups in total. The number of ether oxygens (including phenoxy) is 2. The van der Waals surface area contributed by atoms with Crippen LogP contribution in [0.1, 0.15) is 11.1 Å². The normalized spacial score (nSPS) is 18.8. The summed E-state index contributed by atoms with van der Waals surface area (Å²) in [5.41, 5.74) is 7.60. The first-order valence-electron chi connectivity index (χ1n) is 7.38. The van der Waals surface area contributed by atoms with Crippen molar-refractivity contribution in [2.24, 2.45) is 10.7 Å². The molecule has 7 heteroatoms. The van der Waals surface area contributed by atoms with E-state index in [0.717, 1.165) is 41.5 Å². The van der Waals surface area contributed by atoms with Gasteiger partial charge in [-0.25, -0.2) is 4.39 Å². The molecule has 2 aliphatic heterocycles. The molecule has 0 aromatic heterocycles. The molecule has 0 atom stereocenters. The van der Waals surface area contributed by atoms with Gasteiger partial charge in [-0.1, -0.05) is 0 Å². The van der Waals surface area contributed by atoms with E-state index in [-0.39, 0.29) is 12.6 Å². The Labute approximate surface area is 133 Å². The van der Waals surface area contributed by atoms with Gasteiger partial charge in [0.2, 0.25) is 0 Å². The molecule has 0 unspecified atom stereocenters. The van der Waals surface area contributed by atoms with E-state index in [9.17, 15) is 4.39 Å². The zero-order valence-electron chi connectivity index (χ0n) is 12.4. The second-order valence-corrected chi connectivity index (χ2v) is 6.48. The van der Waals surface area contributed by atoms with E-state index >= 15 is 0 Å². The SMILES string of the molecule is NC(=NCCc1cc(F)cc2c1OCOC2)N1CCSCC1. The summed E-state index contributed by atoms with van der Waals surface area (Å²) in [6.07, 6.45) is 0.601. The fraction of sp³-hybridized carbons (Fsp3) is 0.533. The molecule has 3 rings (SSSR count). The lowest BCUT2D eigenvalue weighted by molar-refractivity contribution is -0.0172. The summed E-state index contributed by atoms with van der Waals surface area (Å²) < 4.78 is 24.3. The van der Waals surface area contributed by atoms with E-state index < -0.39 is 0 Å². The smallest absolute Gasteiger partial charge is 0.191 e. The Morgan fingerprint density at radius 2 is 2.18 bits per heavy atom. The highest BCUT2D eigenvalue weighted by molar-refractivity contribution is 7.99. The maximum Gasteiger partial charge on any atom is 0.191 e. The minimum Gasteiger partial charge on any atom is -0.467 e. The lowest BCUT2D eigenvalue weighted by Crippen LogP contribution is -2.42. The Kier molecular flexibility index (Phi) is 5.04. The Balaban J connectivity index is 1.65. The van der Waals surface area contributed by atoms with Crippen LogP contribution in [0.2, 0.25) is 0 Å². The highest BCUT2D eigenvalue weighted by Gasteiger charge is 2.17. The van der Waals surface area contributed by atoms with Crippen LogP contribution in [-0.2, 0) is 17.8 Å². The van der Waals surface area contributed by atoms with Crippen molar-refractivity contribution in [1.82, 2.24) is 4.90 Å². The number of fused-ring (bicyclic) bond motifs is 1. The molecule has 0 amide bonds. The zero-order chi connectivity index (χ0) is 15.4. The molecular formula is C15H20FN3O2S. The highest BCUT2D eigenvalue weighted by atomic mass is 32.2. The number of benzene rings is 1. The average molecular weight is 325 g/mol. The first-order valence-corrected chi connectivity index (χ1v) is 8.54. The summed E-state index contributed by atoms with van der Waals surface area (Å²) >= 11 is 1.93. The van der Waals surface area contributed by atoms with Crippen molar-refractivity contribution >= 4 is 17.7 Å². The van der Waals surface area contributed by atoms with Crippen LogP contribution in [0, 0.1) is 5.82 Å². The molecule has 120 valence electrons. The van der Waals surface area contributed by atoms with Gasteiger partial charge in [0.15, 0.2) is 12.8 Å². The molecule has 1 fully saturated rings. The number of aliphatic imine (C=N–C) groups is 1. The minimum absolute atomic E-state index is 0.211. The van der Waals surface area contributed by atoms with Crippen molar-refractivity contribution < 1.29 is 13.9 Å². The molecule has 0 aliphatic carbocycles. The van der Waals surface area contributed by atoms with Crippen LogP contribution in [0.4, 0.5) is 4.39 Å². The topological polar surface area (TPSA) is 60.1 Å². The first kappa shape index (κ1) is 15.4. The van der Waals surface area contributed by atoms with E-state index in [1.165, 1.54) is 12.1 Å². The van der Waals surface area contributed by atoms with Crippen molar-refractivity contribution in [3.05, 3.63) is 29.1 Å². The molecule has 2 heterocycles. The zero-order valence-corrected chi connectivity index (χ0v) is 13.2. The standard InChI is InChI=1S/C15H20FN3O2S/c16-13-7-11(14-12(8-13)9-20-10-21-14)1-2-18-15(17)19-3-5-22-6-4-19/h7-8H,1-6,9-10H2,(H2,17,18).